The summed E-state index contributed by atoms with van der Waals surface area (Å²) in [6.07, 6.45) is 0.0405. The number of methoxy groups -OCH3 is 2. The largest absolute Gasteiger partial charge is 0.493 e. The first kappa shape index (κ1) is 23.3. The standard InChI is InChI=1S/C26H20N2O7S/c1-32-20-8-5-16(12-22(20)33-2)25(29)17(9-14-3-7-21-23(10-14)35-13-34-21)24(26(30)31)15-4-6-18-19(11-15)28-36-27-18/h3-8,10-12H,9,13H2,1-2H3,(H,30,31). The topological polar surface area (TPSA) is 117 Å². The van der Waals surface area contributed by atoms with Gasteiger partial charge in [-0.15, -0.1) is 0 Å². The summed E-state index contributed by atoms with van der Waals surface area (Å²) in [4.78, 5) is 26.5. The number of hydrogen-bond donors (Lipinski definition) is 1. The molecule has 3 aromatic carbocycles. The Hall–Kier alpha value is -4.44. The fourth-order valence-electron chi connectivity index (χ4n) is 4.05. The van der Waals surface area contributed by atoms with Crippen molar-refractivity contribution in [2.24, 2.45) is 0 Å². The van der Waals surface area contributed by atoms with Crippen LogP contribution in [0.2, 0.25) is 0 Å². The second kappa shape index (κ2) is 9.67. The zero-order valence-electron chi connectivity index (χ0n) is 19.3. The summed E-state index contributed by atoms with van der Waals surface area (Å²) in [6, 6.07) is 14.9. The molecule has 5 rings (SSSR count). The predicted molar refractivity (Wildman–Crippen MR) is 132 cm³/mol. The Bertz CT molecular complexity index is 1530. The number of aromatic nitrogens is 2. The van der Waals surface area contributed by atoms with Gasteiger partial charge in [0.25, 0.3) is 0 Å². The molecule has 0 amide bonds. The maximum absolute atomic E-state index is 13.9. The van der Waals surface area contributed by atoms with Gasteiger partial charge in [-0.2, -0.15) is 8.75 Å². The molecule has 2 heterocycles. The Morgan fingerprint density at radius 1 is 0.889 bits per heavy atom. The van der Waals surface area contributed by atoms with E-state index in [-0.39, 0.29) is 29.9 Å². The number of allylic oxidation sites excluding steroid dienone is 1. The molecule has 1 N–H and O–H groups in total. The minimum atomic E-state index is -1.23. The van der Waals surface area contributed by atoms with Crippen LogP contribution in [-0.2, 0) is 11.2 Å². The van der Waals surface area contributed by atoms with E-state index in [0.29, 0.717) is 45.2 Å². The van der Waals surface area contributed by atoms with Gasteiger partial charge < -0.3 is 24.1 Å². The van der Waals surface area contributed by atoms with Gasteiger partial charge in [0.1, 0.15) is 11.0 Å². The van der Waals surface area contributed by atoms with Crippen molar-refractivity contribution in [3.8, 4) is 23.0 Å². The fourth-order valence-corrected chi connectivity index (χ4v) is 4.57. The van der Waals surface area contributed by atoms with Crippen LogP contribution in [0.3, 0.4) is 0 Å². The number of Topliss-reactive ketones (excluding diaryl/α,β-unsaturated/α-hetero) is 1. The number of ketones is 1. The number of hydrogen-bond acceptors (Lipinski definition) is 9. The number of ether oxygens (including phenoxy) is 4. The van der Waals surface area contributed by atoms with Crippen LogP contribution in [0.1, 0.15) is 21.5 Å². The number of carbonyl (C=O) groups is 2. The SMILES string of the molecule is COc1ccc(C(=O)C(Cc2ccc3c(c2)OCO3)=C(C(=O)O)c2ccc3nsnc3c2)cc1OC. The third kappa shape index (κ3) is 4.34. The highest BCUT2D eigenvalue weighted by Crippen LogP contribution is 2.35. The molecule has 4 aromatic rings. The molecule has 0 fully saturated rings. The molecule has 0 atom stereocenters. The van der Waals surface area contributed by atoms with Crippen molar-refractivity contribution < 1.29 is 33.6 Å². The van der Waals surface area contributed by atoms with E-state index < -0.39 is 11.8 Å². The number of benzene rings is 3. The Morgan fingerprint density at radius 2 is 1.64 bits per heavy atom. The smallest absolute Gasteiger partial charge is 0.336 e. The molecule has 10 heteroatoms. The van der Waals surface area contributed by atoms with Crippen LogP contribution in [0.5, 0.6) is 23.0 Å². The molecule has 0 radical (unpaired) electrons. The van der Waals surface area contributed by atoms with Crippen molar-refractivity contribution >= 4 is 40.1 Å². The van der Waals surface area contributed by atoms with Crippen LogP contribution in [-0.4, -0.2) is 46.6 Å². The molecule has 1 aromatic heterocycles. The van der Waals surface area contributed by atoms with Crippen molar-refractivity contribution in [3.63, 3.8) is 0 Å². The first-order valence-corrected chi connectivity index (χ1v) is 11.6. The molecule has 1 aliphatic rings. The van der Waals surface area contributed by atoms with Crippen LogP contribution in [0.4, 0.5) is 0 Å². The normalized spacial score (nSPS) is 12.8. The first-order chi connectivity index (χ1) is 17.5. The Kier molecular flexibility index (Phi) is 6.26. The lowest BCUT2D eigenvalue weighted by molar-refractivity contribution is -0.130. The molecule has 0 aliphatic carbocycles. The van der Waals surface area contributed by atoms with Crippen LogP contribution < -0.4 is 18.9 Å². The van der Waals surface area contributed by atoms with Gasteiger partial charge >= 0.3 is 5.97 Å². The zero-order valence-corrected chi connectivity index (χ0v) is 20.1. The first-order valence-electron chi connectivity index (χ1n) is 10.8. The van der Waals surface area contributed by atoms with E-state index in [1.165, 1.54) is 20.3 Å². The summed E-state index contributed by atoms with van der Waals surface area (Å²) in [5, 5.41) is 10.3. The molecule has 182 valence electrons. The molecule has 36 heavy (non-hydrogen) atoms. The number of aliphatic carboxylic acids is 1. The average Bonchev–Trinajstić information content (AvgIpc) is 3.56. The van der Waals surface area contributed by atoms with Gasteiger partial charge in [-0.1, -0.05) is 12.1 Å². The second-order valence-corrected chi connectivity index (χ2v) is 8.42. The molecule has 0 spiro atoms. The second-order valence-electron chi connectivity index (χ2n) is 7.89. The van der Waals surface area contributed by atoms with E-state index in [1.807, 2.05) is 0 Å². The highest BCUT2D eigenvalue weighted by molar-refractivity contribution is 7.00. The van der Waals surface area contributed by atoms with Crippen LogP contribution in [0.15, 0.2) is 60.2 Å². The molecule has 0 bridgehead atoms. The lowest BCUT2D eigenvalue weighted by atomic mass is 9.89. The van der Waals surface area contributed by atoms with Gasteiger partial charge in [0.05, 0.1) is 31.5 Å². The van der Waals surface area contributed by atoms with Crippen LogP contribution in [0.25, 0.3) is 16.6 Å². The fraction of sp³-hybridized carbons (Fsp3) is 0.154. The molecule has 9 nitrogen and oxygen atoms in total. The van der Waals surface area contributed by atoms with Crippen molar-refractivity contribution in [2.45, 2.75) is 6.42 Å². The molecule has 0 saturated carbocycles. The predicted octanol–water partition coefficient (Wildman–Crippen LogP) is 4.40. The number of carbonyl (C=O) groups excluding carboxylic acids is 1. The van der Waals surface area contributed by atoms with Crippen molar-refractivity contribution in [3.05, 3.63) is 76.9 Å². The van der Waals surface area contributed by atoms with E-state index in [4.69, 9.17) is 18.9 Å². The van der Waals surface area contributed by atoms with E-state index in [1.54, 1.807) is 48.5 Å². The van der Waals surface area contributed by atoms with E-state index >= 15 is 0 Å². The van der Waals surface area contributed by atoms with Gasteiger partial charge in [-0.05, 0) is 53.6 Å². The summed E-state index contributed by atoms with van der Waals surface area (Å²) >= 11 is 1.03. The minimum Gasteiger partial charge on any atom is -0.493 e. The van der Waals surface area contributed by atoms with Gasteiger partial charge in [-0.3, -0.25) is 4.79 Å². The maximum atomic E-state index is 13.9. The lowest BCUT2D eigenvalue weighted by Crippen LogP contribution is -2.14. The molecular weight excluding hydrogens is 484 g/mol. The summed E-state index contributed by atoms with van der Waals surface area (Å²) in [6.45, 7) is 0.105. The van der Waals surface area contributed by atoms with E-state index in [9.17, 15) is 14.7 Å². The lowest BCUT2D eigenvalue weighted by Gasteiger charge is -2.15. The van der Waals surface area contributed by atoms with Crippen LogP contribution >= 0.6 is 11.7 Å². The van der Waals surface area contributed by atoms with Crippen molar-refractivity contribution in [1.29, 1.82) is 0 Å². The van der Waals surface area contributed by atoms with Gasteiger partial charge in [0, 0.05) is 17.6 Å². The summed E-state index contributed by atoms with van der Waals surface area (Å²) in [5.74, 6) is 0.255. The summed E-state index contributed by atoms with van der Waals surface area (Å²) < 4.78 is 29.9. The molecule has 0 saturated heterocycles. The van der Waals surface area contributed by atoms with E-state index in [2.05, 4.69) is 8.75 Å². The highest BCUT2D eigenvalue weighted by Gasteiger charge is 2.26. The summed E-state index contributed by atoms with van der Waals surface area (Å²) in [5.41, 5.74) is 2.48. The molecule has 1 aliphatic heterocycles. The molecular formula is C26H20N2O7S. The summed E-state index contributed by atoms with van der Waals surface area (Å²) in [7, 11) is 2.96. The quantitative estimate of drug-likeness (QED) is 0.275. The number of fused-ring (bicyclic) bond motifs is 2. The number of rotatable bonds is 8. The molecule has 0 unspecified atom stereocenters. The van der Waals surface area contributed by atoms with Crippen molar-refractivity contribution in [2.75, 3.05) is 21.0 Å². The minimum absolute atomic E-state index is 0.0405. The Morgan fingerprint density at radius 3 is 2.42 bits per heavy atom. The number of carboxylic acid groups (broad SMARTS) is 1. The monoisotopic (exact) mass is 504 g/mol. The van der Waals surface area contributed by atoms with Crippen LogP contribution in [0, 0.1) is 0 Å². The zero-order chi connectivity index (χ0) is 25.2. The Balaban J connectivity index is 1.67. The third-order valence-electron chi connectivity index (χ3n) is 5.80. The van der Waals surface area contributed by atoms with Gasteiger partial charge in [0.2, 0.25) is 6.79 Å². The van der Waals surface area contributed by atoms with Gasteiger partial charge in [-0.25, -0.2) is 4.79 Å². The van der Waals surface area contributed by atoms with E-state index in [0.717, 1.165) is 11.7 Å². The Labute approximate surface area is 209 Å². The third-order valence-corrected chi connectivity index (χ3v) is 6.35. The average molecular weight is 505 g/mol. The number of carboxylic acids is 1. The number of nitrogens with zero attached hydrogens (tertiary/aromatic N) is 2. The van der Waals surface area contributed by atoms with Crippen molar-refractivity contribution in [1.82, 2.24) is 8.75 Å². The van der Waals surface area contributed by atoms with Gasteiger partial charge in [0.15, 0.2) is 28.8 Å². The maximum Gasteiger partial charge on any atom is 0.336 e. The highest BCUT2D eigenvalue weighted by atomic mass is 32.1.